The number of carboxylic acid groups (broad SMARTS) is 1. The molecular weight excluding hydrogens is 356 g/mol. The van der Waals surface area contributed by atoms with E-state index in [4.69, 9.17) is 9.84 Å². The van der Waals surface area contributed by atoms with Gasteiger partial charge in [-0.15, -0.1) is 0 Å². The lowest BCUT2D eigenvalue weighted by atomic mass is 9.97. The third-order valence-corrected chi connectivity index (χ3v) is 4.83. The maximum absolute atomic E-state index is 12.8. The Morgan fingerprint density at radius 2 is 1.79 bits per heavy atom. The number of ether oxygens (including phenoxy) is 1. The molecule has 0 saturated carbocycles. The Balaban J connectivity index is 1.84. The van der Waals surface area contributed by atoms with Gasteiger partial charge < -0.3 is 9.84 Å². The second-order valence-corrected chi connectivity index (χ2v) is 6.89. The van der Waals surface area contributed by atoms with Crippen LogP contribution in [0.15, 0.2) is 53.6 Å². The molecule has 1 amide bonds. The lowest BCUT2D eigenvalue weighted by Crippen LogP contribution is -2.27. The first-order valence-corrected chi connectivity index (χ1v) is 9.30. The topological polar surface area (TPSA) is 79.2 Å². The van der Waals surface area contributed by atoms with Crippen molar-refractivity contribution in [1.82, 2.24) is 5.01 Å². The van der Waals surface area contributed by atoms with Crippen LogP contribution in [0.25, 0.3) is 0 Å². The first-order chi connectivity index (χ1) is 13.5. The SMILES string of the molecule is COc1ccc([C@H]2CC(c3ccc(C)cc3)=NN2C(=O)CCCC(=O)O)cc1. The number of benzene rings is 2. The number of carbonyl (C=O) groups excluding carboxylic acids is 1. The quantitative estimate of drug-likeness (QED) is 0.789. The van der Waals surface area contributed by atoms with Crippen molar-refractivity contribution in [2.75, 3.05) is 7.11 Å². The molecule has 0 aromatic heterocycles. The molecule has 2 aromatic carbocycles. The molecular formula is C22H24N2O4. The van der Waals surface area contributed by atoms with Gasteiger partial charge in [0, 0.05) is 19.3 Å². The average molecular weight is 380 g/mol. The summed E-state index contributed by atoms with van der Waals surface area (Å²) in [7, 11) is 1.61. The Morgan fingerprint density at radius 1 is 1.11 bits per heavy atom. The summed E-state index contributed by atoms with van der Waals surface area (Å²) in [5, 5.41) is 14.9. The van der Waals surface area contributed by atoms with E-state index < -0.39 is 5.97 Å². The number of aliphatic carboxylic acids is 1. The van der Waals surface area contributed by atoms with Crippen LogP contribution in [0, 0.1) is 6.92 Å². The third-order valence-electron chi connectivity index (χ3n) is 4.83. The summed E-state index contributed by atoms with van der Waals surface area (Å²) in [4.78, 5) is 23.5. The highest BCUT2D eigenvalue weighted by atomic mass is 16.5. The predicted octanol–water partition coefficient (Wildman–Crippen LogP) is 3.94. The van der Waals surface area contributed by atoms with Gasteiger partial charge >= 0.3 is 5.97 Å². The van der Waals surface area contributed by atoms with Crippen LogP contribution < -0.4 is 4.74 Å². The summed E-state index contributed by atoms with van der Waals surface area (Å²) >= 11 is 0. The Morgan fingerprint density at radius 3 is 2.39 bits per heavy atom. The number of hydrogen-bond donors (Lipinski definition) is 1. The van der Waals surface area contributed by atoms with Crippen LogP contribution in [-0.4, -0.2) is 34.8 Å². The molecule has 0 aliphatic carbocycles. The van der Waals surface area contributed by atoms with Crippen LogP contribution in [0.5, 0.6) is 5.75 Å². The molecule has 0 fully saturated rings. The van der Waals surface area contributed by atoms with E-state index in [2.05, 4.69) is 5.10 Å². The van der Waals surface area contributed by atoms with E-state index in [1.165, 1.54) is 5.01 Å². The van der Waals surface area contributed by atoms with Crippen LogP contribution in [0.1, 0.15) is 48.4 Å². The summed E-state index contributed by atoms with van der Waals surface area (Å²) in [6.07, 6.45) is 1.04. The Hall–Kier alpha value is -3.15. The molecule has 1 N–H and O–H groups in total. The standard InChI is InChI=1S/C22H24N2O4/c1-15-6-8-16(9-7-15)19-14-20(17-10-12-18(28-2)13-11-17)24(23-19)21(25)4-3-5-22(26)27/h6-13,20H,3-5,14H2,1-2H3,(H,26,27)/t20-/m1/s1. The number of carbonyl (C=O) groups is 2. The summed E-state index contributed by atoms with van der Waals surface area (Å²) < 4.78 is 5.22. The lowest BCUT2D eigenvalue weighted by Gasteiger charge is -2.22. The van der Waals surface area contributed by atoms with Crippen LogP contribution in [0.2, 0.25) is 0 Å². The molecule has 0 unspecified atom stereocenters. The second kappa shape index (κ2) is 8.69. The molecule has 146 valence electrons. The molecule has 28 heavy (non-hydrogen) atoms. The van der Waals surface area contributed by atoms with Gasteiger partial charge in [0.15, 0.2) is 0 Å². The van der Waals surface area contributed by atoms with Crippen LogP contribution in [-0.2, 0) is 9.59 Å². The van der Waals surface area contributed by atoms with Crippen molar-refractivity contribution in [3.63, 3.8) is 0 Å². The van der Waals surface area contributed by atoms with Crippen LogP contribution >= 0.6 is 0 Å². The van der Waals surface area contributed by atoms with Gasteiger partial charge in [0.25, 0.3) is 0 Å². The van der Waals surface area contributed by atoms with E-state index in [9.17, 15) is 9.59 Å². The first kappa shape index (κ1) is 19.6. The Labute approximate surface area is 164 Å². The minimum atomic E-state index is -0.898. The van der Waals surface area contributed by atoms with E-state index in [0.29, 0.717) is 12.8 Å². The summed E-state index contributed by atoms with van der Waals surface area (Å²) in [5.41, 5.74) is 3.98. The normalized spacial score (nSPS) is 16.0. The first-order valence-electron chi connectivity index (χ1n) is 9.30. The van der Waals surface area contributed by atoms with E-state index in [0.717, 1.165) is 28.2 Å². The lowest BCUT2D eigenvalue weighted by molar-refractivity contribution is -0.137. The largest absolute Gasteiger partial charge is 0.497 e. The molecule has 6 heteroatoms. The van der Waals surface area contributed by atoms with Crippen molar-refractivity contribution in [2.45, 2.75) is 38.6 Å². The predicted molar refractivity (Wildman–Crippen MR) is 106 cm³/mol. The fourth-order valence-corrected chi connectivity index (χ4v) is 3.25. The van der Waals surface area contributed by atoms with Crippen molar-refractivity contribution < 1.29 is 19.4 Å². The number of aryl methyl sites for hydroxylation is 1. The zero-order valence-corrected chi connectivity index (χ0v) is 16.1. The fraction of sp³-hybridized carbons (Fsp3) is 0.318. The number of methoxy groups -OCH3 is 1. The molecule has 0 saturated heterocycles. The van der Waals surface area contributed by atoms with Crippen LogP contribution in [0.4, 0.5) is 0 Å². The van der Waals surface area contributed by atoms with Crippen molar-refractivity contribution in [3.05, 3.63) is 65.2 Å². The Bertz CT molecular complexity index is 872. The maximum Gasteiger partial charge on any atom is 0.303 e. The highest BCUT2D eigenvalue weighted by Gasteiger charge is 2.32. The Kier molecular flexibility index (Phi) is 6.09. The average Bonchev–Trinajstić information content (AvgIpc) is 3.14. The van der Waals surface area contributed by atoms with Crippen molar-refractivity contribution in [1.29, 1.82) is 0 Å². The number of hydrazone groups is 1. The molecule has 6 nitrogen and oxygen atoms in total. The van der Waals surface area contributed by atoms with Gasteiger partial charge in [0.1, 0.15) is 5.75 Å². The van der Waals surface area contributed by atoms with Gasteiger partial charge in [0.2, 0.25) is 5.91 Å². The molecule has 0 bridgehead atoms. The van der Waals surface area contributed by atoms with Crippen LogP contribution in [0.3, 0.4) is 0 Å². The summed E-state index contributed by atoms with van der Waals surface area (Å²) in [5.74, 6) is -0.310. The van der Waals surface area contributed by atoms with Gasteiger partial charge in [-0.1, -0.05) is 42.0 Å². The number of rotatable bonds is 7. The molecule has 1 heterocycles. The van der Waals surface area contributed by atoms with Gasteiger partial charge in [-0.3, -0.25) is 9.59 Å². The maximum atomic E-state index is 12.8. The minimum Gasteiger partial charge on any atom is -0.497 e. The molecule has 3 rings (SSSR count). The zero-order chi connectivity index (χ0) is 20.1. The minimum absolute atomic E-state index is 0.0265. The second-order valence-electron chi connectivity index (χ2n) is 6.89. The van der Waals surface area contributed by atoms with Gasteiger partial charge in [0.05, 0.1) is 18.9 Å². The van der Waals surface area contributed by atoms with E-state index in [1.807, 2.05) is 55.5 Å². The molecule has 0 radical (unpaired) electrons. The number of hydrogen-bond acceptors (Lipinski definition) is 4. The van der Waals surface area contributed by atoms with Gasteiger partial charge in [-0.2, -0.15) is 5.10 Å². The summed E-state index contributed by atoms with van der Waals surface area (Å²) in [6, 6.07) is 15.5. The van der Waals surface area contributed by atoms with Gasteiger partial charge in [-0.05, 0) is 36.6 Å². The van der Waals surface area contributed by atoms with E-state index in [1.54, 1.807) is 7.11 Å². The van der Waals surface area contributed by atoms with Crippen molar-refractivity contribution >= 4 is 17.6 Å². The molecule has 0 spiro atoms. The molecule has 2 aromatic rings. The molecule has 1 aliphatic rings. The highest BCUT2D eigenvalue weighted by Crippen LogP contribution is 2.34. The third kappa shape index (κ3) is 4.57. The highest BCUT2D eigenvalue weighted by molar-refractivity contribution is 6.03. The van der Waals surface area contributed by atoms with E-state index in [-0.39, 0.29) is 24.8 Å². The number of carboxylic acids is 1. The molecule has 1 aliphatic heterocycles. The zero-order valence-electron chi connectivity index (χ0n) is 16.1. The smallest absolute Gasteiger partial charge is 0.303 e. The van der Waals surface area contributed by atoms with Gasteiger partial charge in [-0.25, -0.2) is 5.01 Å². The number of amides is 1. The summed E-state index contributed by atoms with van der Waals surface area (Å²) in [6.45, 7) is 2.03. The molecule has 1 atom stereocenters. The van der Waals surface area contributed by atoms with Crippen molar-refractivity contribution in [3.8, 4) is 5.75 Å². The van der Waals surface area contributed by atoms with E-state index >= 15 is 0 Å². The monoisotopic (exact) mass is 380 g/mol. The number of nitrogens with zero attached hydrogens (tertiary/aromatic N) is 2. The fourth-order valence-electron chi connectivity index (χ4n) is 3.25. The van der Waals surface area contributed by atoms with Crippen molar-refractivity contribution in [2.24, 2.45) is 5.10 Å².